The van der Waals surface area contributed by atoms with Gasteiger partial charge in [0.25, 0.3) is 0 Å². The minimum atomic E-state index is -0.996. The van der Waals surface area contributed by atoms with Gasteiger partial charge < -0.3 is 14.6 Å². The van der Waals surface area contributed by atoms with Gasteiger partial charge in [0.2, 0.25) is 0 Å². The maximum absolute atomic E-state index is 11.3. The minimum Gasteiger partial charge on any atom is -0.493 e. The zero-order valence-corrected chi connectivity index (χ0v) is 14.1. The first-order chi connectivity index (χ1) is 12.7. The summed E-state index contributed by atoms with van der Waals surface area (Å²) in [6, 6.07) is 20.9. The topological polar surface area (TPSA) is 55.8 Å². The average Bonchev–Trinajstić information content (AvgIpc) is 3.14. The van der Waals surface area contributed by atoms with Gasteiger partial charge in [-0.3, -0.25) is 0 Å². The molecular weight excluding hydrogens is 328 g/mol. The van der Waals surface area contributed by atoms with Crippen LogP contribution in [-0.4, -0.2) is 17.7 Å². The third kappa shape index (κ3) is 3.14. The normalized spacial score (nSPS) is 12.3. The Labute approximate surface area is 151 Å². The summed E-state index contributed by atoms with van der Waals surface area (Å²) in [7, 11) is 0. The molecule has 0 amide bonds. The summed E-state index contributed by atoms with van der Waals surface area (Å²) in [6.45, 7) is 1.02. The number of carboxylic acid groups (broad SMARTS) is 1. The lowest BCUT2D eigenvalue weighted by molar-refractivity contribution is 0.0692. The lowest BCUT2D eigenvalue weighted by Gasteiger charge is -2.13. The Bertz CT molecular complexity index is 962. The number of aromatic carboxylic acids is 1. The molecule has 1 heterocycles. The predicted octanol–water partition coefficient (Wildman–Crippen LogP) is 4.57. The highest BCUT2D eigenvalue weighted by molar-refractivity contribution is 5.90. The summed E-state index contributed by atoms with van der Waals surface area (Å²) in [5, 5.41) is 9.29. The van der Waals surface area contributed by atoms with Crippen molar-refractivity contribution in [1.82, 2.24) is 0 Å². The number of carboxylic acids is 1. The number of carbonyl (C=O) groups is 1. The SMILES string of the molecule is O=C(O)c1ccccc1OCc1ccccc1-c1ccc2c(c1)OCC2. The highest BCUT2D eigenvalue weighted by Crippen LogP contribution is 2.33. The van der Waals surface area contributed by atoms with E-state index < -0.39 is 5.97 Å². The number of ether oxygens (including phenoxy) is 2. The molecule has 1 N–H and O–H groups in total. The van der Waals surface area contributed by atoms with E-state index in [4.69, 9.17) is 9.47 Å². The molecule has 3 aromatic rings. The van der Waals surface area contributed by atoms with Crippen molar-refractivity contribution < 1.29 is 19.4 Å². The van der Waals surface area contributed by atoms with Crippen molar-refractivity contribution in [3.63, 3.8) is 0 Å². The van der Waals surface area contributed by atoms with E-state index in [1.807, 2.05) is 24.3 Å². The Hall–Kier alpha value is -3.27. The Morgan fingerprint density at radius 1 is 1.04 bits per heavy atom. The molecule has 0 aromatic heterocycles. The quantitative estimate of drug-likeness (QED) is 0.735. The largest absolute Gasteiger partial charge is 0.493 e. The van der Waals surface area contributed by atoms with Gasteiger partial charge in [-0.05, 0) is 40.5 Å². The number of fused-ring (bicyclic) bond motifs is 1. The summed E-state index contributed by atoms with van der Waals surface area (Å²) in [5.74, 6) is 0.311. The van der Waals surface area contributed by atoms with E-state index in [1.54, 1.807) is 24.3 Å². The van der Waals surface area contributed by atoms with Crippen molar-refractivity contribution in [3.05, 3.63) is 83.4 Å². The zero-order valence-electron chi connectivity index (χ0n) is 14.1. The van der Waals surface area contributed by atoms with E-state index in [2.05, 4.69) is 18.2 Å². The van der Waals surface area contributed by atoms with Crippen LogP contribution >= 0.6 is 0 Å². The maximum atomic E-state index is 11.3. The summed E-state index contributed by atoms with van der Waals surface area (Å²) in [5.41, 5.74) is 4.51. The molecule has 0 fully saturated rings. The van der Waals surface area contributed by atoms with Crippen LogP contribution < -0.4 is 9.47 Å². The van der Waals surface area contributed by atoms with Crippen LogP contribution in [0.25, 0.3) is 11.1 Å². The van der Waals surface area contributed by atoms with Crippen LogP contribution in [-0.2, 0) is 13.0 Å². The van der Waals surface area contributed by atoms with Gasteiger partial charge in [0, 0.05) is 6.42 Å². The number of para-hydroxylation sites is 1. The first kappa shape index (κ1) is 16.2. The molecule has 130 valence electrons. The molecule has 4 heteroatoms. The van der Waals surface area contributed by atoms with Gasteiger partial charge in [0.05, 0.1) is 6.61 Å². The fourth-order valence-electron chi connectivity index (χ4n) is 3.19. The lowest BCUT2D eigenvalue weighted by Crippen LogP contribution is -2.04. The van der Waals surface area contributed by atoms with E-state index in [0.717, 1.165) is 35.5 Å². The second-order valence-corrected chi connectivity index (χ2v) is 6.17. The van der Waals surface area contributed by atoms with Gasteiger partial charge in [-0.2, -0.15) is 0 Å². The van der Waals surface area contributed by atoms with E-state index in [0.29, 0.717) is 12.4 Å². The maximum Gasteiger partial charge on any atom is 0.339 e. The molecule has 0 aliphatic carbocycles. The summed E-state index contributed by atoms with van der Waals surface area (Å²) >= 11 is 0. The molecule has 0 unspecified atom stereocenters. The molecule has 3 aromatic carbocycles. The Balaban J connectivity index is 1.62. The van der Waals surface area contributed by atoms with Crippen molar-refractivity contribution in [3.8, 4) is 22.6 Å². The Kier molecular flexibility index (Phi) is 4.32. The minimum absolute atomic E-state index is 0.163. The van der Waals surface area contributed by atoms with Gasteiger partial charge in [0.15, 0.2) is 0 Å². The van der Waals surface area contributed by atoms with Crippen molar-refractivity contribution in [2.24, 2.45) is 0 Å². The van der Waals surface area contributed by atoms with Crippen LogP contribution in [0.3, 0.4) is 0 Å². The smallest absolute Gasteiger partial charge is 0.339 e. The van der Waals surface area contributed by atoms with Crippen LogP contribution in [0.1, 0.15) is 21.5 Å². The Morgan fingerprint density at radius 2 is 1.85 bits per heavy atom. The second-order valence-electron chi connectivity index (χ2n) is 6.17. The summed E-state index contributed by atoms with van der Waals surface area (Å²) in [4.78, 5) is 11.3. The summed E-state index contributed by atoms with van der Waals surface area (Å²) in [6.07, 6.45) is 0.951. The van der Waals surface area contributed by atoms with Crippen LogP contribution in [0.4, 0.5) is 0 Å². The predicted molar refractivity (Wildman–Crippen MR) is 98.8 cm³/mol. The highest BCUT2D eigenvalue weighted by Gasteiger charge is 2.15. The third-order valence-corrected chi connectivity index (χ3v) is 4.53. The lowest BCUT2D eigenvalue weighted by atomic mass is 9.98. The van der Waals surface area contributed by atoms with E-state index >= 15 is 0 Å². The van der Waals surface area contributed by atoms with Gasteiger partial charge in [-0.25, -0.2) is 4.79 Å². The number of hydrogen-bond acceptors (Lipinski definition) is 3. The van der Waals surface area contributed by atoms with Gasteiger partial charge in [-0.1, -0.05) is 48.5 Å². The molecule has 26 heavy (non-hydrogen) atoms. The van der Waals surface area contributed by atoms with E-state index in [-0.39, 0.29) is 5.56 Å². The molecule has 4 nitrogen and oxygen atoms in total. The van der Waals surface area contributed by atoms with Crippen LogP contribution in [0.15, 0.2) is 66.7 Å². The Morgan fingerprint density at radius 3 is 2.73 bits per heavy atom. The molecule has 0 saturated carbocycles. The van der Waals surface area contributed by atoms with Crippen molar-refractivity contribution in [2.75, 3.05) is 6.61 Å². The average molecular weight is 346 g/mol. The molecule has 1 aliphatic heterocycles. The molecule has 4 rings (SSSR count). The molecule has 0 saturated heterocycles. The van der Waals surface area contributed by atoms with Crippen LogP contribution in [0.5, 0.6) is 11.5 Å². The zero-order chi connectivity index (χ0) is 17.9. The summed E-state index contributed by atoms with van der Waals surface area (Å²) < 4.78 is 11.5. The number of benzene rings is 3. The third-order valence-electron chi connectivity index (χ3n) is 4.53. The van der Waals surface area contributed by atoms with E-state index in [9.17, 15) is 9.90 Å². The molecule has 0 spiro atoms. The monoisotopic (exact) mass is 346 g/mol. The highest BCUT2D eigenvalue weighted by atomic mass is 16.5. The van der Waals surface area contributed by atoms with Crippen LogP contribution in [0.2, 0.25) is 0 Å². The molecular formula is C22H18O4. The standard InChI is InChI=1S/C22H18O4/c23-22(24)19-7-3-4-8-20(19)26-14-17-5-1-2-6-18(17)16-10-9-15-11-12-25-21(15)13-16/h1-10,13H,11-12,14H2,(H,23,24). The van der Waals surface area contributed by atoms with Crippen molar-refractivity contribution >= 4 is 5.97 Å². The van der Waals surface area contributed by atoms with Gasteiger partial charge >= 0.3 is 5.97 Å². The first-order valence-electron chi connectivity index (χ1n) is 8.51. The van der Waals surface area contributed by atoms with Gasteiger partial charge in [-0.15, -0.1) is 0 Å². The van der Waals surface area contributed by atoms with Gasteiger partial charge in [0.1, 0.15) is 23.7 Å². The molecule has 0 atom stereocenters. The number of hydrogen-bond donors (Lipinski definition) is 1. The second kappa shape index (κ2) is 6.92. The number of rotatable bonds is 5. The fraction of sp³-hybridized carbons (Fsp3) is 0.136. The van der Waals surface area contributed by atoms with Crippen molar-refractivity contribution in [2.45, 2.75) is 13.0 Å². The molecule has 0 bridgehead atoms. The fourth-order valence-corrected chi connectivity index (χ4v) is 3.19. The van der Waals surface area contributed by atoms with Crippen LogP contribution in [0, 0.1) is 0 Å². The molecule has 0 radical (unpaired) electrons. The van der Waals surface area contributed by atoms with Crippen molar-refractivity contribution in [1.29, 1.82) is 0 Å². The van der Waals surface area contributed by atoms with E-state index in [1.165, 1.54) is 5.56 Å². The molecule has 1 aliphatic rings. The first-order valence-corrected chi connectivity index (χ1v) is 8.51.